The summed E-state index contributed by atoms with van der Waals surface area (Å²) in [6.07, 6.45) is 7.94. The zero-order chi connectivity index (χ0) is 17.2. The highest BCUT2D eigenvalue weighted by Gasteiger charge is 2.06. The third-order valence-corrected chi connectivity index (χ3v) is 4.36. The molecule has 0 aliphatic carbocycles. The van der Waals surface area contributed by atoms with Gasteiger partial charge in [-0.15, -0.1) is 0 Å². The van der Waals surface area contributed by atoms with Gasteiger partial charge in [0.15, 0.2) is 0 Å². The van der Waals surface area contributed by atoms with Crippen LogP contribution < -0.4 is 4.90 Å². The van der Waals surface area contributed by atoms with E-state index in [1.165, 1.54) is 11.3 Å². The van der Waals surface area contributed by atoms with Crippen LogP contribution >= 0.6 is 0 Å². The number of hydrogen-bond donors (Lipinski definition) is 0. The highest BCUT2D eigenvalue weighted by molar-refractivity contribution is 6.07. The lowest BCUT2D eigenvalue weighted by molar-refractivity contribution is 1.13. The third-order valence-electron chi connectivity index (χ3n) is 4.36. The van der Waals surface area contributed by atoms with E-state index in [0.717, 1.165) is 27.4 Å². The number of fused-ring (bicyclic) bond motifs is 3. The first-order chi connectivity index (χ1) is 12.2. The fourth-order valence-electron chi connectivity index (χ4n) is 3.01. The van der Waals surface area contributed by atoms with Crippen LogP contribution in [0.3, 0.4) is 0 Å². The van der Waals surface area contributed by atoms with E-state index in [4.69, 9.17) is 0 Å². The number of hydrogen-bond acceptors (Lipinski definition) is 3. The molecule has 4 aromatic rings. The molecule has 4 rings (SSSR count). The van der Waals surface area contributed by atoms with Crippen LogP contribution in [-0.4, -0.2) is 24.1 Å². The summed E-state index contributed by atoms with van der Waals surface area (Å²) in [5.41, 5.74) is 5.42. The van der Waals surface area contributed by atoms with E-state index in [9.17, 15) is 0 Å². The zero-order valence-electron chi connectivity index (χ0n) is 14.3. The summed E-state index contributed by atoms with van der Waals surface area (Å²) in [5.74, 6) is 0. The molecule has 0 saturated carbocycles. The van der Waals surface area contributed by atoms with E-state index in [1.54, 1.807) is 0 Å². The van der Waals surface area contributed by atoms with Gasteiger partial charge in [0.25, 0.3) is 0 Å². The Kier molecular flexibility index (Phi) is 3.90. The monoisotopic (exact) mass is 325 g/mol. The van der Waals surface area contributed by atoms with Crippen molar-refractivity contribution in [3.63, 3.8) is 0 Å². The maximum absolute atomic E-state index is 4.55. The van der Waals surface area contributed by atoms with Crippen molar-refractivity contribution in [2.45, 2.75) is 0 Å². The molecular formula is C22H19N3. The minimum atomic E-state index is 0.947. The van der Waals surface area contributed by atoms with Crippen molar-refractivity contribution in [2.24, 2.45) is 0 Å². The standard InChI is InChI=1S/C22H19N3/c1-25(2)19-11-8-16(9-12-19)7-10-17-15-18-5-3-13-23-21(18)22-20(17)6-4-14-24-22/h3-15H,1-2H3/b10-7+. The molecular weight excluding hydrogens is 306 g/mol. The smallest absolute Gasteiger partial charge is 0.0970 e. The van der Waals surface area contributed by atoms with Gasteiger partial charge in [0.2, 0.25) is 0 Å². The van der Waals surface area contributed by atoms with Crippen molar-refractivity contribution in [1.29, 1.82) is 0 Å². The number of anilines is 1. The second kappa shape index (κ2) is 6.36. The van der Waals surface area contributed by atoms with Gasteiger partial charge in [-0.1, -0.05) is 36.4 Å². The predicted molar refractivity (Wildman–Crippen MR) is 107 cm³/mol. The summed E-state index contributed by atoms with van der Waals surface area (Å²) >= 11 is 0. The van der Waals surface area contributed by atoms with Crippen molar-refractivity contribution in [2.75, 3.05) is 19.0 Å². The maximum atomic E-state index is 4.55. The van der Waals surface area contributed by atoms with Gasteiger partial charge in [-0.25, -0.2) is 0 Å². The van der Waals surface area contributed by atoms with Crippen LogP contribution in [0, 0.1) is 0 Å². The molecule has 2 aromatic heterocycles. The van der Waals surface area contributed by atoms with E-state index in [0.29, 0.717) is 0 Å². The maximum Gasteiger partial charge on any atom is 0.0970 e. The molecule has 122 valence electrons. The first-order valence-electron chi connectivity index (χ1n) is 8.30. The first kappa shape index (κ1) is 15.3. The van der Waals surface area contributed by atoms with Crippen LogP contribution in [-0.2, 0) is 0 Å². The number of benzene rings is 2. The van der Waals surface area contributed by atoms with Gasteiger partial charge in [-0.3, -0.25) is 9.97 Å². The van der Waals surface area contributed by atoms with Gasteiger partial charge in [-0.05, 0) is 41.5 Å². The van der Waals surface area contributed by atoms with Crippen LogP contribution in [0.4, 0.5) is 5.69 Å². The number of aromatic nitrogens is 2. The Hall–Kier alpha value is -3.20. The Morgan fingerprint density at radius 2 is 1.52 bits per heavy atom. The molecule has 0 aliphatic heterocycles. The third kappa shape index (κ3) is 2.96. The molecule has 0 atom stereocenters. The lowest BCUT2D eigenvalue weighted by atomic mass is 10.0. The summed E-state index contributed by atoms with van der Waals surface area (Å²) in [6.45, 7) is 0. The molecule has 0 radical (unpaired) electrons. The highest BCUT2D eigenvalue weighted by atomic mass is 15.1. The molecule has 0 bridgehead atoms. The molecule has 0 aliphatic rings. The lowest BCUT2D eigenvalue weighted by Crippen LogP contribution is -2.07. The Morgan fingerprint density at radius 1 is 0.800 bits per heavy atom. The molecule has 3 heteroatoms. The Morgan fingerprint density at radius 3 is 2.28 bits per heavy atom. The fraction of sp³-hybridized carbons (Fsp3) is 0.0909. The van der Waals surface area contributed by atoms with Crippen LogP contribution in [0.1, 0.15) is 11.1 Å². The summed E-state index contributed by atoms with van der Waals surface area (Å²) in [7, 11) is 4.10. The first-order valence-corrected chi connectivity index (χ1v) is 8.30. The van der Waals surface area contributed by atoms with Gasteiger partial charge < -0.3 is 4.90 Å². The minimum absolute atomic E-state index is 0.947. The second-order valence-electron chi connectivity index (χ2n) is 6.26. The van der Waals surface area contributed by atoms with Crippen LogP contribution in [0.25, 0.3) is 34.0 Å². The van der Waals surface area contributed by atoms with Crippen molar-refractivity contribution < 1.29 is 0 Å². The van der Waals surface area contributed by atoms with Crippen molar-refractivity contribution in [3.8, 4) is 0 Å². The molecule has 0 spiro atoms. The number of nitrogens with zero attached hydrogens (tertiary/aromatic N) is 3. The normalized spacial score (nSPS) is 11.4. The van der Waals surface area contributed by atoms with Crippen LogP contribution in [0.5, 0.6) is 0 Å². The van der Waals surface area contributed by atoms with Gasteiger partial charge in [0, 0.05) is 42.9 Å². The minimum Gasteiger partial charge on any atom is -0.378 e. The zero-order valence-corrected chi connectivity index (χ0v) is 14.3. The Labute approximate surface area is 147 Å². The van der Waals surface area contributed by atoms with Crippen molar-refractivity contribution in [1.82, 2.24) is 9.97 Å². The Balaban J connectivity index is 1.80. The summed E-state index contributed by atoms with van der Waals surface area (Å²) in [5, 5.41) is 2.23. The topological polar surface area (TPSA) is 29.0 Å². The molecule has 0 N–H and O–H groups in total. The lowest BCUT2D eigenvalue weighted by Gasteiger charge is -2.11. The predicted octanol–water partition coefficient (Wildman–Crippen LogP) is 5.02. The molecule has 25 heavy (non-hydrogen) atoms. The summed E-state index contributed by atoms with van der Waals surface area (Å²) < 4.78 is 0. The molecule has 3 nitrogen and oxygen atoms in total. The van der Waals surface area contributed by atoms with Gasteiger partial charge in [-0.2, -0.15) is 0 Å². The average molecular weight is 325 g/mol. The quantitative estimate of drug-likeness (QED) is 0.391. The molecule has 2 aromatic carbocycles. The number of pyridine rings is 2. The molecule has 0 amide bonds. The van der Waals surface area contributed by atoms with Crippen molar-refractivity contribution in [3.05, 3.63) is 78.1 Å². The second-order valence-corrected chi connectivity index (χ2v) is 6.26. The van der Waals surface area contributed by atoms with E-state index in [-0.39, 0.29) is 0 Å². The molecule has 0 saturated heterocycles. The molecule has 0 unspecified atom stereocenters. The highest BCUT2D eigenvalue weighted by Crippen LogP contribution is 2.27. The number of rotatable bonds is 3. The molecule has 0 fully saturated rings. The van der Waals surface area contributed by atoms with E-state index < -0.39 is 0 Å². The summed E-state index contributed by atoms with van der Waals surface area (Å²) in [4.78, 5) is 11.2. The van der Waals surface area contributed by atoms with Crippen LogP contribution in [0.2, 0.25) is 0 Å². The van der Waals surface area contributed by atoms with Gasteiger partial charge >= 0.3 is 0 Å². The van der Waals surface area contributed by atoms with Gasteiger partial charge in [0.1, 0.15) is 0 Å². The van der Waals surface area contributed by atoms with E-state index >= 15 is 0 Å². The Bertz CT molecular complexity index is 1060. The SMILES string of the molecule is CN(C)c1ccc(/C=C/c2cc3cccnc3c3ncccc23)cc1. The fourth-order valence-corrected chi connectivity index (χ4v) is 3.01. The van der Waals surface area contributed by atoms with Crippen LogP contribution in [0.15, 0.2) is 67.0 Å². The van der Waals surface area contributed by atoms with Crippen molar-refractivity contribution >= 4 is 39.6 Å². The van der Waals surface area contributed by atoms with E-state index in [1.807, 2.05) is 38.6 Å². The largest absolute Gasteiger partial charge is 0.378 e. The average Bonchev–Trinajstić information content (AvgIpc) is 2.66. The van der Waals surface area contributed by atoms with Gasteiger partial charge in [0.05, 0.1) is 11.0 Å². The summed E-state index contributed by atoms with van der Waals surface area (Å²) in [6, 6.07) is 18.8. The van der Waals surface area contributed by atoms with E-state index in [2.05, 4.69) is 69.5 Å². The molecule has 2 heterocycles.